The summed E-state index contributed by atoms with van der Waals surface area (Å²) in [4.78, 5) is 12.4. The number of ether oxygens (including phenoxy) is 1. The summed E-state index contributed by atoms with van der Waals surface area (Å²) in [6.45, 7) is 5.46. The summed E-state index contributed by atoms with van der Waals surface area (Å²) in [5.41, 5.74) is 3.05. The van der Waals surface area contributed by atoms with Gasteiger partial charge in [0, 0.05) is 16.9 Å². The molecule has 1 aromatic heterocycles. The van der Waals surface area contributed by atoms with Crippen molar-refractivity contribution >= 4 is 11.6 Å². The van der Waals surface area contributed by atoms with Gasteiger partial charge in [-0.05, 0) is 45.0 Å². The summed E-state index contributed by atoms with van der Waals surface area (Å²) in [6.07, 6.45) is 0. The normalized spacial score (nSPS) is 12.0. The number of methoxy groups -OCH3 is 1. The number of carbonyl (C=O) groups excluding carboxylic acids is 1. The van der Waals surface area contributed by atoms with Crippen molar-refractivity contribution in [3.05, 3.63) is 41.2 Å². The van der Waals surface area contributed by atoms with Crippen molar-refractivity contribution in [2.75, 3.05) is 12.4 Å². The van der Waals surface area contributed by atoms with Crippen LogP contribution in [0.2, 0.25) is 0 Å². The summed E-state index contributed by atoms with van der Waals surface area (Å²) in [5, 5.41) is 16.5. The summed E-state index contributed by atoms with van der Waals surface area (Å²) in [6, 6.07) is 6.67. The predicted molar refractivity (Wildman–Crippen MR) is 84.0 cm³/mol. The lowest BCUT2D eigenvalue weighted by Gasteiger charge is -2.15. The van der Waals surface area contributed by atoms with Crippen LogP contribution in [0.3, 0.4) is 0 Å². The zero-order valence-corrected chi connectivity index (χ0v) is 13.3. The van der Waals surface area contributed by atoms with E-state index in [1.807, 2.05) is 19.9 Å². The highest BCUT2D eigenvalue weighted by molar-refractivity contribution is 5.93. The number of hydrogen-bond donors (Lipinski definition) is 2. The fraction of sp³-hybridized carbons (Fsp3) is 0.375. The number of benzene rings is 1. The summed E-state index contributed by atoms with van der Waals surface area (Å²) >= 11 is 0. The highest BCUT2D eigenvalue weighted by atomic mass is 16.5. The van der Waals surface area contributed by atoms with Crippen LogP contribution in [0.25, 0.3) is 0 Å². The molecule has 118 valence electrons. The Morgan fingerprint density at radius 2 is 2.14 bits per heavy atom. The number of aromatic nitrogens is 2. The van der Waals surface area contributed by atoms with Gasteiger partial charge in [-0.25, -0.2) is 0 Å². The van der Waals surface area contributed by atoms with Crippen molar-refractivity contribution in [1.82, 2.24) is 9.78 Å². The summed E-state index contributed by atoms with van der Waals surface area (Å²) in [7, 11) is 1.54. The summed E-state index contributed by atoms with van der Waals surface area (Å²) < 4.78 is 6.84. The van der Waals surface area contributed by atoms with Crippen LogP contribution in [0.4, 0.5) is 5.69 Å². The first kappa shape index (κ1) is 16.0. The first-order chi connectivity index (χ1) is 10.5. The Bertz CT molecular complexity index is 679. The van der Waals surface area contributed by atoms with Crippen LogP contribution < -0.4 is 10.1 Å². The molecule has 0 bridgehead atoms. The Morgan fingerprint density at radius 1 is 1.41 bits per heavy atom. The van der Waals surface area contributed by atoms with Crippen LogP contribution in [0.15, 0.2) is 24.3 Å². The third kappa shape index (κ3) is 3.28. The second-order valence-corrected chi connectivity index (χ2v) is 5.22. The molecular formula is C16H21N3O3. The minimum atomic E-state index is -0.423. The minimum absolute atomic E-state index is 0.153. The molecule has 0 aliphatic heterocycles. The Kier molecular flexibility index (Phi) is 4.82. The number of carbonyl (C=O) groups is 1. The molecule has 22 heavy (non-hydrogen) atoms. The second kappa shape index (κ2) is 6.62. The van der Waals surface area contributed by atoms with E-state index in [0.29, 0.717) is 17.0 Å². The second-order valence-electron chi connectivity index (χ2n) is 5.22. The number of amides is 1. The first-order valence-corrected chi connectivity index (χ1v) is 7.07. The lowest BCUT2D eigenvalue weighted by molar-refractivity contribution is -0.119. The average molecular weight is 303 g/mol. The van der Waals surface area contributed by atoms with Gasteiger partial charge in [0.2, 0.25) is 5.91 Å². The molecule has 6 heteroatoms. The standard InChI is InChI=1S/C16H21N3O3/c1-10-7-11(2)19(18-10)12(3)16(21)17-14-5-6-15(22-4)13(8-14)9-20/h5-8,12,20H,9H2,1-4H3,(H,17,21). The fourth-order valence-corrected chi connectivity index (χ4v) is 2.38. The Hall–Kier alpha value is -2.34. The molecule has 0 spiro atoms. The SMILES string of the molecule is COc1ccc(NC(=O)C(C)n2nc(C)cc2C)cc1CO. The number of rotatable bonds is 5. The van der Waals surface area contributed by atoms with E-state index in [0.717, 1.165) is 11.4 Å². The Morgan fingerprint density at radius 3 is 2.68 bits per heavy atom. The lowest BCUT2D eigenvalue weighted by Crippen LogP contribution is -2.25. The molecule has 1 atom stereocenters. The maximum Gasteiger partial charge on any atom is 0.248 e. The molecule has 1 aromatic carbocycles. The number of nitrogens with zero attached hydrogens (tertiary/aromatic N) is 2. The number of aliphatic hydroxyl groups is 1. The predicted octanol–water partition coefficient (Wildman–Crippen LogP) is 2.20. The zero-order chi connectivity index (χ0) is 16.3. The zero-order valence-electron chi connectivity index (χ0n) is 13.3. The Balaban J connectivity index is 2.16. The van der Waals surface area contributed by atoms with Gasteiger partial charge in [0.15, 0.2) is 0 Å². The first-order valence-electron chi connectivity index (χ1n) is 7.07. The number of nitrogens with one attached hydrogen (secondary N) is 1. The molecule has 2 N–H and O–H groups in total. The van der Waals surface area contributed by atoms with E-state index in [2.05, 4.69) is 10.4 Å². The van der Waals surface area contributed by atoms with Crippen molar-refractivity contribution in [3.63, 3.8) is 0 Å². The van der Waals surface area contributed by atoms with E-state index in [1.165, 1.54) is 7.11 Å². The van der Waals surface area contributed by atoms with Gasteiger partial charge in [-0.2, -0.15) is 5.10 Å². The smallest absolute Gasteiger partial charge is 0.248 e. The number of anilines is 1. The number of aliphatic hydroxyl groups excluding tert-OH is 1. The third-order valence-corrected chi connectivity index (χ3v) is 3.51. The van der Waals surface area contributed by atoms with Crippen LogP contribution in [0.5, 0.6) is 5.75 Å². The molecule has 0 saturated heterocycles. The van der Waals surface area contributed by atoms with Crippen molar-refractivity contribution in [1.29, 1.82) is 0 Å². The van der Waals surface area contributed by atoms with Crippen LogP contribution in [0.1, 0.15) is 29.9 Å². The average Bonchev–Trinajstić information content (AvgIpc) is 2.84. The van der Waals surface area contributed by atoms with Gasteiger partial charge in [0.05, 0.1) is 19.4 Å². The van der Waals surface area contributed by atoms with Gasteiger partial charge in [0.25, 0.3) is 0 Å². The van der Waals surface area contributed by atoms with E-state index in [1.54, 1.807) is 29.8 Å². The van der Waals surface area contributed by atoms with E-state index in [-0.39, 0.29) is 12.5 Å². The Labute approximate surface area is 129 Å². The highest BCUT2D eigenvalue weighted by Gasteiger charge is 2.18. The highest BCUT2D eigenvalue weighted by Crippen LogP contribution is 2.23. The van der Waals surface area contributed by atoms with Gasteiger partial charge in [-0.3, -0.25) is 9.48 Å². The van der Waals surface area contributed by atoms with Gasteiger partial charge >= 0.3 is 0 Å². The van der Waals surface area contributed by atoms with Gasteiger partial charge in [0.1, 0.15) is 11.8 Å². The molecule has 0 aliphatic carbocycles. The molecule has 0 aliphatic rings. The number of aryl methyl sites for hydroxylation is 2. The summed E-state index contributed by atoms with van der Waals surface area (Å²) in [5.74, 6) is 0.423. The van der Waals surface area contributed by atoms with Crippen molar-refractivity contribution in [3.8, 4) is 5.75 Å². The monoisotopic (exact) mass is 303 g/mol. The maximum atomic E-state index is 12.4. The molecule has 2 rings (SSSR count). The van der Waals surface area contributed by atoms with E-state index < -0.39 is 6.04 Å². The molecule has 0 fully saturated rings. The molecule has 6 nitrogen and oxygen atoms in total. The van der Waals surface area contributed by atoms with Gasteiger partial charge in [-0.15, -0.1) is 0 Å². The van der Waals surface area contributed by atoms with Crippen LogP contribution in [-0.2, 0) is 11.4 Å². The van der Waals surface area contributed by atoms with E-state index in [4.69, 9.17) is 4.74 Å². The van der Waals surface area contributed by atoms with Crippen LogP contribution in [0, 0.1) is 13.8 Å². The largest absolute Gasteiger partial charge is 0.496 e. The van der Waals surface area contributed by atoms with Crippen LogP contribution >= 0.6 is 0 Å². The minimum Gasteiger partial charge on any atom is -0.496 e. The van der Waals surface area contributed by atoms with Crippen molar-refractivity contribution in [2.45, 2.75) is 33.4 Å². The van der Waals surface area contributed by atoms with E-state index in [9.17, 15) is 9.90 Å². The molecular weight excluding hydrogens is 282 g/mol. The van der Waals surface area contributed by atoms with E-state index >= 15 is 0 Å². The third-order valence-electron chi connectivity index (χ3n) is 3.51. The van der Waals surface area contributed by atoms with Gasteiger partial charge < -0.3 is 15.2 Å². The van der Waals surface area contributed by atoms with Crippen LogP contribution in [-0.4, -0.2) is 27.9 Å². The molecule has 0 radical (unpaired) electrons. The van der Waals surface area contributed by atoms with Crippen molar-refractivity contribution < 1.29 is 14.6 Å². The maximum absolute atomic E-state index is 12.4. The molecule has 0 saturated carbocycles. The molecule has 1 amide bonds. The fourth-order valence-electron chi connectivity index (χ4n) is 2.38. The molecule has 2 aromatic rings. The lowest BCUT2D eigenvalue weighted by atomic mass is 10.2. The quantitative estimate of drug-likeness (QED) is 0.888. The topological polar surface area (TPSA) is 76.4 Å². The van der Waals surface area contributed by atoms with Gasteiger partial charge in [-0.1, -0.05) is 0 Å². The molecule has 1 heterocycles. The van der Waals surface area contributed by atoms with Crippen molar-refractivity contribution in [2.24, 2.45) is 0 Å². The number of hydrogen-bond acceptors (Lipinski definition) is 4. The molecule has 1 unspecified atom stereocenters.